The van der Waals surface area contributed by atoms with Gasteiger partial charge in [-0.3, -0.25) is 0 Å². The molecule has 19 heavy (non-hydrogen) atoms. The van der Waals surface area contributed by atoms with E-state index >= 15 is 0 Å². The van der Waals surface area contributed by atoms with Gasteiger partial charge >= 0.3 is 0 Å². The number of benzene rings is 1. The largest absolute Gasteiger partial charge is 0.489 e. The molecular formula is C14H15ClFNO2. The van der Waals surface area contributed by atoms with Gasteiger partial charge < -0.3 is 14.5 Å². The molecule has 102 valence electrons. The second kappa shape index (κ2) is 6.08. The van der Waals surface area contributed by atoms with Gasteiger partial charge in [-0.05, 0) is 32.2 Å². The summed E-state index contributed by atoms with van der Waals surface area (Å²) >= 11 is 5.69. The number of rotatable bonds is 5. The van der Waals surface area contributed by atoms with Crippen molar-refractivity contribution in [3.63, 3.8) is 0 Å². The zero-order valence-corrected chi connectivity index (χ0v) is 11.6. The maximum atomic E-state index is 13.0. The molecule has 2 rings (SSSR count). The van der Waals surface area contributed by atoms with E-state index in [9.17, 15) is 4.39 Å². The maximum absolute atomic E-state index is 13.0. The molecule has 2 aromatic rings. The van der Waals surface area contributed by atoms with Crippen molar-refractivity contribution in [2.45, 2.75) is 20.1 Å². The summed E-state index contributed by atoms with van der Waals surface area (Å²) in [5.41, 5.74) is 0.964. The van der Waals surface area contributed by atoms with Crippen LogP contribution in [0.3, 0.4) is 0 Å². The summed E-state index contributed by atoms with van der Waals surface area (Å²) in [4.78, 5) is 0. The highest BCUT2D eigenvalue weighted by Crippen LogP contribution is 2.23. The average Bonchev–Trinajstić information content (AvgIpc) is 2.72. The van der Waals surface area contributed by atoms with E-state index in [2.05, 4.69) is 5.32 Å². The summed E-state index contributed by atoms with van der Waals surface area (Å²) < 4.78 is 24.1. The minimum atomic E-state index is -0.454. The first-order valence-corrected chi connectivity index (χ1v) is 6.28. The second-order valence-electron chi connectivity index (χ2n) is 4.19. The number of halogens is 2. The normalized spacial score (nSPS) is 10.7. The van der Waals surface area contributed by atoms with Crippen molar-refractivity contribution in [2.75, 3.05) is 7.05 Å². The van der Waals surface area contributed by atoms with Gasteiger partial charge in [-0.25, -0.2) is 4.39 Å². The third kappa shape index (κ3) is 3.49. The molecule has 0 spiro atoms. The Morgan fingerprint density at radius 1 is 1.37 bits per heavy atom. The molecule has 0 atom stereocenters. The van der Waals surface area contributed by atoms with Gasteiger partial charge in [-0.1, -0.05) is 11.6 Å². The molecule has 1 heterocycles. The quantitative estimate of drug-likeness (QED) is 0.909. The molecule has 0 saturated carbocycles. The first kappa shape index (κ1) is 13.9. The predicted octanol–water partition coefficient (Wildman–Crippen LogP) is 3.68. The number of hydrogen-bond acceptors (Lipinski definition) is 3. The standard InChI is InChI=1S/C14H15ClFNO2/c1-9-10(5-12(19-9)7-17-2)8-18-11-3-4-14(16)13(15)6-11/h3-6,17H,7-8H2,1-2H3. The number of nitrogens with one attached hydrogen (secondary N) is 1. The zero-order chi connectivity index (χ0) is 13.8. The first-order valence-electron chi connectivity index (χ1n) is 5.91. The van der Waals surface area contributed by atoms with Crippen molar-refractivity contribution in [1.82, 2.24) is 5.32 Å². The lowest BCUT2D eigenvalue weighted by atomic mass is 10.2. The second-order valence-corrected chi connectivity index (χ2v) is 4.60. The maximum Gasteiger partial charge on any atom is 0.142 e. The summed E-state index contributed by atoms with van der Waals surface area (Å²) in [5, 5.41) is 3.07. The van der Waals surface area contributed by atoms with Crippen LogP contribution >= 0.6 is 11.6 Å². The van der Waals surface area contributed by atoms with Crippen LogP contribution in [0.5, 0.6) is 5.75 Å². The van der Waals surface area contributed by atoms with Gasteiger partial charge in [0.15, 0.2) is 0 Å². The third-order valence-electron chi connectivity index (χ3n) is 2.71. The minimum absolute atomic E-state index is 0.0530. The van der Waals surface area contributed by atoms with Crippen LogP contribution < -0.4 is 10.1 Å². The van der Waals surface area contributed by atoms with Crippen molar-refractivity contribution < 1.29 is 13.5 Å². The van der Waals surface area contributed by atoms with Crippen molar-refractivity contribution in [3.8, 4) is 5.75 Å². The molecule has 0 aliphatic rings. The average molecular weight is 284 g/mol. The monoisotopic (exact) mass is 283 g/mol. The van der Waals surface area contributed by atoms with Gasteiger partial charge in [0.25, 0.3) is 0 Å². The van der Waals surface area contributed by atoms with E-state index in [0.29, 0.717) is 18.9 Å². The molecule has 0 aliphatic carbocycles. The molecule has 1 aromatic carbocycles. The minimum Gasteiger partial charge on any atom is -0.489 e. The Kier molecular flexibility index (Phi) is 4.45. The van der Waals surface area contributed by atoms with Gasteiger partial charge in [0.05, 0.1) is 11.6 Å². The Morgan fingerprint density at radius 3 is 2.84 bits per heavy atom. The molecule has 0 radical (unpaired) electrons. The van der Waals surface area contributed by atoms with Gasteiger partial charge in [0, 0.05) is 11.6 Å². The lowest BCUT2D eigenvalue weighted by molar-refractivity contribution is 0.302. The van der Waals surface area contributed by atoms with Gasteiger partial charge in [0.2, 0.25) is 0 Å². The number of hydrogen-bond donors (Lipinski definition) is 1. The highest BCUT2D eigenvalue weighted by molar-refractivity contribution is 6.30. The zero-order valence-electron chi connectivity index (χ0n) is 10.8. The molecule has 0 bridgehead atoms. The van der Waals surface area contributed by atoms with E-state index in [0.717, 1.165) is 17.1 Å². The van der Waals surface area contributed by atoms with Crippen LogP contribution in [0.15, 0.2) is 28.7 Å². The van der Waals surface area contributed by atoms with Crippen LogP contribution in [-0.2, 0) is 13.2 Å². The molecule has 1 aromatic heterocycles. The smallest absolute Gasteiger partial charge is 0.142 e. The topological polar surface area (TPSA) is 34.4 Å². The van der Waals surface area contributed by atoms with E-state index in [-0.39, 0.29) is 5.02 Å². The lowest BCUT2D eigenvalue weighted by Gasteiger charge is -2.05. The van der Waals surface area contributed by atoms with E-state index < -0.39 is 5.82 Å². The third-order valence-corrected chi connectivity index (χ3v) is 3.00. The van der Waals surface area contributed by atoms with E-state index in [1.807, 2.05) is 20.0 Å². The fraction of sp³-hybridized carbons (Fsp3) is 0.286. The highest BCUT2D eigenvalue weighted by atomic mass is 35.5. The number of furan rings is 1. The molecule has 1 N–H and O–H groups in total. The first-order chi connectivity index (χ1) is 9.10. The van der Waals surface area contributed by atoms with Crippen molar-refractivity contribution in [1.29, 1.82) is 0 Å². The van der Waals surface area contributed by atoms with E-state index in [4.69, 9.17) is 20.8 Å². The Bertz CT molecular complexity index is 569. The fourth-order valence-corrected chi connectivity index (χ4v) is 1.89. The van der Waals surface area contributed by atoms with Crippen LogP contribution in [0.2, 0.25) is 5.02 Å². The van der Waals surface area contributed by atoms with Gasteiger partial charge in [-0.2, -0.15) is 0 Å². The molecule has 0 saturated heterocycles. The molecule has 3 nitrogen and oxygen atoms in total. The van der Waals surface area contributed by atoms with Crippen molar-refractivity contribution in [3.05, 3.63) is 52.2 Å². The molecular weight excluding hydrogens is 269 g/mol. The lowest BCUT2D eigenvalue weighted by Crippen LogP contribution is -2.03. The summed E-state index contributed by atoms with van der Waals surface area (Å²) in [6, 6.07) is 6.23. The molecule has 5 heteroatoms. The SMILES string of the molecule is CNCc1cc(COc2ccc(F)c(Cl)c2)c(C)o1. The summed E-state index contributed by atoms with van der Waals surface area (Å²) in [6.45, 7) is 2.92. The summed E-state index contributed by atoms with van der Waals surface area (Å²) in [5.74, 6) is 1.75. The Balaban J connectivity index is 2.03. The van der Waals surface area contributed by atoms with Crippen molar-refractivity contribution in [2.24, 2.45) is 0 Å². The Hall–Kier alpha value is -1.52. The Morgan fingerprint density at radius 2 is 2.16 bits per heavy atom. The van der Waals surface area contributed by atoms with Crippen LogP contribution in [0.25, 0.3) is 0 Å². The van der Waals surface area contributed by atoms with E-state index in [1.54, 1.807) is 6.07 Å². The highest BCUT2D eigenvalue weighted by Gasteiger charge is 2.08. The molecule has 0 aliphatic heterocycles. The Labute approximate surface area is 116 Å². The fourth-order valence-electron chi connectivity index (χ4n) is 1.72. The molecule has 0 unspecified atom stereocenters. The molecule has 0 fully saturated rings. The predicted molar refractivity (Wildman–Crippen MR) is 72.0 cm³/mol. The van der Waals surface area contributed by atoms with Gasteiger partial charge in [0.1, 0.15) is 29.7 Å². The number of ether oxygens (including phenoxy) is 1. The van der Waals surface area contributed by atoms with Gasteiger partial charge in [-0.15, -0.1) is 0 Å². The van der Waals surface area contributed by atoms with Crippen molar-refractivity contribution >= 4 is 11.6 Å². The number of aryl methyl sites for hydroxylation is 1. The summed E-state index contributed by atoms with van der Waals surface area (Å²) in [7, 11) is 1.86. The van der Waals surface area contributed by atoms with Crippen LogP contribution in [0.1, 0.15) is 17.1 Å². The summed E-state index contributed by atoms with van der Waals surface area (Å²) in [6.07, 6.45) is 0. The van der Waals surface area contributed by atoms with Crippen LogP contribution in [0, 0.1) is 12.7 Å². The van der Waals surface area contributed by atoms with Crippen LogP contribution in [-0.4, -0.2) is 7.05 Å². The van der Waals surface area contributed by atoms with Crippen LogP contribution in [0.4, 0.5) is 4.39 Å². The molecule has 0 amide bonds. The van der Waals surface area contributed by atoms with E-state index in [1.165, 1.54) is 12.1 Å².